The van der Waals surface area contributed by atoms with E-state index in [0.29, 0.717) is 29.5 Å². The fourth-order valence-corrected chi connectivity index (χ4v) is 2.51. The zero-order chi connectivity index (χ0) is 18.9. The number of ether oxygens (including phenoxy) is 3. The van der Waals surface area contributed by atoms with E-state index in [1.54, 1.807) is 43.5 Å². The zero-order valence-electron chi connectivity index (χ0n) is 15.1. The maximum Gasteiger partial charge on any atom is 0.242 e. The van der Waals surface area contributed by atoms with E-state index in [0.717, 1.165) is 5.56 Å². The summed E-state index contributed by atoms with van der Waals surface area (Å²) in [6.45, 7) is 2.35. The largest absolute Gasteiger partial charge is 0.497 e. The van der Waals surface area contributed by atoms with Gasteiger partial charge in [0.15, 0.2) is 0 Å². The summed E-state index contributed by atoms with van der Waals surface area (Å²) in [7, 11) is 3.11. The lowest BCUT2D eigenvalue weighted by Crippen LogP contribution is -2.24. The average Bonchev–Trinajstić information content (AvgIpc) is 2.67. The third kappa shape index (κ3) is 4.67. The number of nitrogens with one attached hydrogen (secondary N) is 1. The number of nitrogens with zero attached hydrogens (tertiary/aromatic N) is 1. The number of anilines is 1. The number of carbonyl (C=O) groups is 1. The fourth-order valence-electron chi connectivity index (χ4n) is 2.51. The monoisotopic (exact) mass is 354 g/mol. The zero-order valence-corrected chi connectivity index (χ0v) is 15.1. The SMILES string of the molecule is CCOc1ccccc1NC(=O)C(C#N)Cc1ccc(OC)cc1OC. The Morgan fingerprint density at radius 2 is 1.92 bits per heavy atom. The van der Waals surface area contributed by atoms with Gasteiger partial charge in [0.25, 0.3) is 0 Å². The number of hydrogen-bond acceptors (Lipinski definition) is 5. The van der Waals surface area contributed by atoms with Crippen LogP contribution < -0.4 is 19.5 Å². The van der Waals surface area contributed by atoms with Gasteiger partial charge in [0.05, 0.1) is 32.6 Å². The van der Waals surface area contributed by atoms with Gasteiger partial charge < -0.3 is 19.5 Å². The maximum absolute atomic E-state index is 12.6. The van der Waals surface area contributed by atoms with Crippen LogP contribution in [0.25, 0.3) is 0 Å². The molecule has 1 N–H and O–H groups in total. The molecule has 0 aliphatic rings. The van der Waals surface area contributed by atoms with E-state index in [1.165, 1.54) is 7.11 Å². The molecule has 6 nitrogen and oxygen atoms in total. The van der Waals surface area contributed by atoms with Crippen LogP contribution in [0, 0.1) is 17.2 Å². The maximum atomic E-state index is 12.6. The van der Waals surface area contributed by atoms with E-state index in [9.17, 15) is 10.1 Å². The van der Waals surface area contributed by atoms with Gasteiger partial charge in [-0.3, -0.25) is 4.79 Å². The molecule has 1 amide bonds. The number of para-hydroxylation sites is 2. The highest BCUT2D eigenvalue weighted by Gasteiger charge is 2.21. The third-order valence-electron chi connectivity index (χ3n) is 3.84. The van der Waals surface area contributed by atoms with Crippen molar-refractivity contribution in [3.8, 4) is 23.3 Å². The molecule has 6 heteroatoms. The van der Waals surface area contributed by atoms with Crippen molar-refractivity contribution < 1.29 is 19.0 Å². The molecule has 0 aliphatic heterocycles. The van der Waals surface area contributed by atoms with Gasteiger partial charge in [0.2, 0.25) is 5.91 Å². The highest BCUT2D eigenvalue weighted by molar-refractivity contribution is 5.95. The van der Waals surface area contributed by atoms with Crippen LogP contribution in [0.3, 0.4) is 0 Å². The van der Waals surface area contributed by atoms with Gasteiger partial charge in [-0.1, -0.05) is 18.2 Å². The quantitative estimate of drug-likeness (QED) is 0.785. The second-order valence-electron chi connectivity index (χ2n) is 5.48. The Bertz CT molecular complexity index is 799. The Hall–Kier alpha value is -3.20. The molecule has 2 aromatic rings. The van der Waals surface area contributed by atoms with Crippen LogP contribution in [0.15, 0.2) is 42.5 Å². The predicted octanol–water partition coefficient (Wildman–Crippen LogP) is 3.42. The van der Waals surface area contributed by atoms with Crippen LogP contribution >= 0.6 is 0 Å². The molecule has 0 radical (unpaired) electrons. The molecular weight excluding hydrogens is 332 g/mol. The van der Waals surface area contributed by atoms with Gasteiger partial charge >= 0.3 is 0 Å². The molecule has 0 fully saturated rings. The van der Waals surface area contributed by atoms with Gasteiger partial charge in [-0.2, -0.15) is 5.26 Å². The van der Waals surface area contributed by atoms with Crippen molar-refractivity contribution in [2.75, 3.05) is 26.1 Å². The first-order chi connectivity index (χ1) is 12.6. The molecule has 0 spiro atoms. The van der Waals surface area contributed by atoms with Crippen molar-refractivity contribution in [1.82, 2.24) is 0 Å². The van der Waals surface area contributed by atoms with Crippen molar-refractivity contribution in [1.29, 1.82) is 5.26 Å². The molecule has 136 valence electrons. The predicted molar refractivity (Wildman–Crippen MR) is 98.6 cm³/mol. The minimum Gasteiger partial charge on any atom is -0.497 e. The summed E-state index contributed by atoms with van der Waals surface area (Å²) in [5, 5.41) is 12.2. The Kier molecular flexibility index (Phi) is 6.86. The minimum absolute atomic E-state index is 0.228. The van der Waals surface area contributed by atoms with Crippen molar-refractivity contribution >= 4 is 11.6 Å². The fraction of sp³-hybridized carbons (Fsp3) is 0.300. The molecule has 26 heavy (non-hydrogen) atoms. The summed E-state index contributed by atoms with van der Waals surface area (Å²) in [6, 6.07) is 14.5. The number of amides is 1. The van der Waals surface area contributed by atoms with Crippen molar-refractivity contribution in [3.63, 3.8) is 0 Å². The highest BCUT2D eigenvalue weighted by atomic mass is 16.5. The second-order valence-corrected chi connectivity index (χ2v) is 5.48. The molecule has 0 aromatic heterocycles. The van der Waals surface area contributed by atoms with Crippen molar-refractivity contribution in [3.05, 3.63) is 48.0 Å². The van der Waals surface area contributed by atoms with E-state index in [2.05, 4.69) is 11.4 Å². The molecule has 1 atom stereocenters. The van der Waals surface area contributed by atoms with Crippen LogP contribution in [0.2, 0.25) is 0 Å². The van der Waals surface area contributed by atoms with E-state index in [1.807, 2.05) is 13.0 Å². The first kappa shape index (κ1) is 19.1. The molecule has 2 aromatic carbocycles. The first-order valence-electron chi connectivity index (χ1n) is 8.26. The second kappa shape index (κ2) is 9.33. The molecule has 0 saturated heterocycles. The average molecular weight is 354 g/mol. The summed E-state index contributed by atoms with van der Waals surface area (Å²) < 4.78 is 16.0. The van der Waals surface area contributed by atoms with E-state index in [-0.39, 0.29) is 6.42 Å². The van der Waals surface area contributed by atoms with Gasteiger partial charge in [0.1, 0.15) is 23.2 Å². The van der Waals surface area contributed by atoms with E-state index in [4.69, 9.17) is 14.2 Å². The summed E-state index contributed by atoms with van der Waals surface area (Å²) >= 11 is 0. The van der Waals surface area contributed by atoms with Crippen molar-refractivity contribution in [2.45, 2.75) is 13.3 Å². The molecule has 0 saturated carbocycles. The van der Waals surface area contributed by atoms with Gasteiger partial charge in [-0.15, -0.1) is 0 Å². The number of nitriles is 1. The minimum atomic E-state index is -0.869. The Morgan fingerprint density at radius 3 is 2.58 bits per heavy atom. The van der Waals surface area contributed by atoms with Gasteiger partial charge in [0, 0.05) is 12.5 Å². The summed E-state index contributed by atoms with van der Waals surface area (Å²) in [6.07, 6.45) is 0.228. The summed E-state index contributed by atoms with van der Waals surface area (Å²) in [4.78, 5) is 12.6. The number of methoxy groups -OCH3 is 2. The standard InChI is InChI=1S/C20H22N2O4/c1-4-26-18-8-6-5-7-17(18)22-20(23)15(13-21)11-14-9-10-16(24-2)12-19(14)25-3/h5-10,12,15H,4,11H2,1-3H3,(H,22,23). The number of hydrogen-bond donors (Lipinski definition) is 1. The van der Waals surface area contributed by atoms with E-state index < -0.39 is 11.8 Å². The highest BCUT2D eigenvalue weighted by Crippen LogP contribution is 2.28. The molecular formula is C20H22N2O4. The molecule has 0 aliphatic carbocycles. The lowest BCUT2D eigenvalue weighted by atomic mass is 9.98. The number of carbonyl (C=O) groups excluding carboxylic acids is 1. The van der Waals surface area contributed by atoms with Gasteiger partial charge in [-0.25, -0.2) is 0 Å². The summed E-state index contributed by atoms with van der Waals surface area (Å²) in [5.74, 6) is 0.535. The third-order valence-corrected chi connectivity index (χ3v) is 3.84. The van der Waals surface area contributed by atoms with Gasteiger partial charge in [-0.05, 0) is 30.7 Å². The molecule has 0 bridgehead atoms. The topological polar surface area (TPSA) is 80.6 Å². The van der Waals surface area contributed by atoms with Crippen molar-refractivity contribution in [2.24, 2.45) is 5.92 Å². The smallest absolute Gasteiger partial charge is 0.242 e. The lowest BCUT2D eigenvalue weighted by molar-refractivity contribution is -0.118. The Labute approximate surface area is 153 Å². The van der Waals surface area contributed by atoms with Crippen LogP contribution in [-0.4, -0.2) is 26.7 Å². The summed E-state index contributed by atoms with van der Waals surface area (Å²) in [5.41, 5.74) is 1.30. The Balaban J connectivity index is 2.16. The first-order valence-corrected chi connectivity index (χ1v) is 8.26. The normalized spacial score (nSPS) is 11.2. The Morgan fingerprint density at radius 1 is 1.15 bits per heavy atom. The van der Waals surface area contributed by atoms with E-state index >= 15 is 0 Å². The van der Waals surface area contributed by atoms with Crippen LogP contribution in [0.5, 0.6) is 17.2 Å². The lowest BCUT2D eigenvalue weighted by Gasteiger charge is -2.15. The van der Waals surface area contributed by atoms with Crippen LogP contribution in [0.4, 0.5) is 5.69 Å². The molecule has 1 unspecified atom stereocenters. The van der Waals surface area contributed by atoms with Crippen LogP contribution in [-0.2, 0) is 11.2 Å². The number of benzene rings is 2. The van der Waals surface area contributed by atoms with Crippen LogP contribution in [0.1, 0.15) is 12.5 Å². The molecule has 2 rings (SSSR count). The number of rotatable bonds is 8. The molecule has 0 heterocycles.